The highest BCUT2D eigenvalue weighted by atomic mass is 79.9. The predicted octanol–water partition coefficient (Wildman–Crippen LogP) is 4.39. The van der Waals surface area contributed by atoms with Crippen LogP contribution in [-0.4, -0.2) is 18.7 Å². The van der Waals surface area contributed by atoms with Gasteiger partial charge in [0.05, 0.1) is 12.8 Å². The lowest BCUT2D eigenvalue weighted by Gasteiger charge is -2.06. The minimum atomic E-state index is -0.256. The van der Waals surface area contributed by atoms with Crippen molar-refractivity contribution >= 4 is 28.1 Å². The Morgan fingerprint density at radius 3 is 2.65 bits per heavy atom. The minimum absolute atomic E-state index is 0.256. The number of hydrogen-bond acceptors (Lipinski definition) is 3. The zero-order valence-electron chi connectivity index (χ0n) is 13.0. The molecule has 0 saturated carbocycles. The van der Waals surface area contributed by atoms with Gasteiger partial charge in [0.1, 0.15) is 5.75 Å². The Kier molecular flexibility index (Phi) is 6.81. The summed E-state index contributed by atoms with van der Waals surface area (Å²) in [5.74, 6) is 0.514. The molecule has 4 nitrogen and oxygen atoms in total. The van der Waals surface area contributed by atoms with Crippen LogP contribution in [0.5, 0.6) is 5.75 Å². The Balaban J connectivity index is 1.89. The van der Waals surface area contributed by atoms with Crippen LogP contribution < -0.4 is 10.2 Å². The number of halogens is 1. The number of amides is 1. The quantitative estimate of drug-likeness (QED) is 0.443. The van der Waals surface area contributed by atoms with Gasteiger partial charge in [-0.05, 0) is 36.8 Å². The fourth-order valence-corrected chi connectivity index (χ4v) is 2.23. The van der Waals surface area contributed by atoms with Crippen LogP contribution >= 0.6 is 15.9 Å². The van der Waals surface area contributed by atoms with E-state index in [0.717, 1.165) is 28.6 Å². The highest BCUT2D eigenvalue weighted by Gasteiger charge is 2.04. The molecule has 23 heavy (non-hydrogen) atoms. The van der Waals surface area contributed by atoms with E-state index >= 15 is 0 Å². The molecule has 0 atom stereocenters. The van der Waals surface area contributed by atoms with E-state index in [2.05, 4.69) is 33.4 Å². The van der Waals surface area contributed by atoms with Gasteiger partial charge in [-0.25, -0.2) is 5.43 Å². The van der Waals surface area contributed by atoms with Crippen molar-refractivity contribution in [3.05, 3.63) is 64.1 Å². The first-order valence-electron chi connectivity index (χ1n) is 7.51. The lowest BCUT2D eigenvalue weighted by Crippen LogP contribution is -2.17. The Morgan fingerprint density at radius 1 is 1.22 bits per heavy atom. The average molecular weight is 375 g/mol. The molecule has 5 heteroatoms. The van der Waals surface area contributed by atoms with Crippen LogP contribution in [0.4, 0.5) is 0 Å². The highest BCUT2D eigenvalue weighted by molar-refractivity contribution is 9.10. The van der Waals surface area contributed by atoms with E-state index in [4.69, 9.17) is 4.74 Å². The smallest absolute Gasteiger partial charge is 0.271 e. The predicted molar refractivity (Wildman–Crippen MR) is 96.0 cm³/mol. The van der Waals surface area contributed by atoms with Gasteiger partial charge in [0.15, 0.2) is 0 Å². The molecule has 0 aliphatic heterocycles. The molecule has 0 saturated heterocycles. The van der Waals surface area contributed by atoms with Gasteiger partial charge in [-0.15, -0.1) is 0 Å². The molecule has 0 radical (unpaired) electrons. The van der Waals surface area contributed by atoms with E-state index in [9.17, 15) is 4.79 Å². The van der Waals surface area contributed by atoms with E-state index in [1.54, 1.807) is 30.5 Å². The van der Waals surface area contributed by atoms with Crippen molar-refractivity contribution < 1.29 is 9.53 Å². The number of carbonyl (C=O) groups is 1. The van der Waals surface area contributed by atoms with Gasteiger partial charge in [-0.2, -0.15) is 5.10 Å². The van der Waals surface area contributed by atoms with Crippen LogP contribution in [0.2, 0.25) is 0 Å². The standard InChI is InChI=1S/C18H19BrN2O2/c1-2-3-12-23-16-10-8-14(9-11-16)18(22)21-20-13-15-6-4-5-7-17(15)19/h4-11,13H,2-3,12H2,1H3,(H,21,22)/b20-13+. The van der Waals surface area contributed by atoms with Crippen LogP contribution in [0, 0.1) is 0 Å². The van der Waals surface area contributed by atoms with Gasteiger partial charge in [0.2, 0.25) is 0 Å². The monoisotopic (exact) mass is 374 g/mol. The molecule has 0 heterocycles. The second-order valence-electron chi connectivity index (χ2n) is 4.95. The Bertz CT molecular complexity index is 669. The Hall–Kier alpha value is -2.14. The third-order valence-corrected chi connectivity index (χ3v) is 3.88. The molecule has 0 aliphatic rings. The number of carbonyl (C=O) groups excluding carboxylic acids is 1. The largest absolute Gasteiger partial charge is 0.494 e. The SMILES string of the molecule is CCCCOc1ccc(C(=O)N/N=C/c2ccccc2Br)cc1. The second kappa shape index (κ2) is 9.10. The van der Waals surface area contributed by atoms with Crippen LogP contribution in [0.25, 0.3) is 0 Å². The number of rotatable bonds is 7. The summed E-state index contributed by atoms with van der Waals surface area (Å²) in [5, 5.41) is 3.98. The lowest BCUT2D eigenvalue weighted by atomic mass is 10.2. The summed E-state index contributed by atoms with van der Waals surface area (Å²) in [6.45, 7) is 2.81. The molecule has 120 valence electrons. The number of nitrogens with zero attached hydrogens (tertiary/aromatic N) is 1. The van der Waals surface area contributed by atoms with Gasteiger partial charge in [-0.3, -0.25) is 4.79 Å². The molecule has 1 amide bonds. The maximum absolute atomic E-state index is 12.0. The first kappa shape index (κ1) is 17.2. The van der Waals surface area contributed by atoms with Crippen molar-refractivity contribution in [3.63, 3.8) is 0 Å². The second-order valence-corrected chi connectivity index (χ2v) is 5.80. The number of unbranched alkanes of at least 4 members (excludes halogenated alkanes) is 1. The number of ether oxygens (including phenoxy) is 1. The van der Waals surface area contributed by atoms with Crippen LogP contribution in [-0.2, 0) is 0 Å². The molecule has 0 bridgehead atoms. The summed E-state index contributed by atoms with van der Waals surface area (Å²) in [4.78, 5) is 12.0. The fourth-order valence-electron chi connectivity index (χ4n) is 1.84. The summed E-state index contributed by atoms with van der Waals surface area (Å²) in [7, 11) is 0. The van der Waals surface area contributed by atoms with Crippen molar-refractivity contribution in [1.29, 1.82) is 0 Å². The summed E-state index contributed by atoms with van der Waals surface area (Å²) in [5.41, 5.74) is 3.95. The van der Waals surface area contributed by atoms with Gasteiger partial charge >= 0.3 is 0 Å². The van der Waals surface area contributed by atoms with Gasteiger partial charge < -0.3 is 4.74 Å². The van der Waals surface area contributed by atoms with Crippen LogP contribution in [0.15, 0.2) is 58.1 Å². The van der Waals surface area contributed by atoms with Gasteiger partial charge in [-0.1, -0.05) is 47.5 Å². The summed E-state index contributed by atoms with van der Waals surface area (Å²) < 4.78 is 6.49. The molecule has 1 N–H and O–H groups in total. The topological polar surface area (TPSA) is 50.7 Å². The third kappa shape index (κ3) is 5.53. The van der Waals surface area contributed by atoms with Gasteiger partial charge in [0, 0.05) is 15.6 Å². The molecular formula is C18H19BrN2O2. The number of nitrogens with one attached hydrogen (secondary N) is 1. The average Bonchev–Trinajstić information content (AvgIpc) is 2.57. The molecule has 0 aromatic heterocycles. The summed E-state index contributed by atoms with van der Waals surface area (Å²) >= 11 is 3.42. The third-order valence-electron chi connectivity index (χ3n) is 3.16. The highest BCUT2D eigenvalue weighted by Crippen LogP contribution is 2.14. The zero-order chi connectivity index (χ0) is 16.5. The number of hydrogen-bond donors (Lipinski definition) is 1. The Morgan fingerprint density at radius 2 is 1.96 bits per heavy atom. The summed E-state index contributed by atoms with van der Waals surface area (Å²) in [6, 6.07) is 14.7. The van der Waals surface area contributed by atoms with Crippen molar-refractivity contribution in [2.45, 2.75) is 19.8 Å². The summed E-state index contributed by atoms with van der Waals surface area (Å²) in [6.07, 6.45) is 3.71. The molecule has 0 spiro atoms. The molecule has 0 unspecified atom stereocenters. The molecule has 2 aromatic rings. The van der Waals surface area contributed by atoms with Crippen molar-refractivity contribution in [2.24, 2.45) is 5.10 Å². The Labute approximate surface area is 144 Å². The van der Waals surface area contributed by atoms with Crippen LogP contribution in [0.3, 0.4) is 0 Å². The lowest BCUT2D eigenvalue weighted by molar-refractivity contribution is 0.0955. The van der Waals surface area contributed by atoms with Crippen molar-refractivity contribution in [2.75, 3.05) is 6.61 Å². The van der Waals surface area contributed by atoms with E-state index in [1.165, 1.54) is 0 Å². The maximum atomic E-state index is 12.0. The first-order valence-corrected chi connectivity index (χ1v) is 8.31. The molecule has 2 aromatic carbocycles. The van der Waals surface area contributed by atoms with Crippen molar-refractivity contribution in [3.8, 4) is 5.75 Å². The minimum Gasteiger partial charge on any atom is -0.494 e. The zero-order valence-corrected chi connectivity index (χ0v) is 14.5. The maximum Gasteiger partial charge on any atom is 0.271 e. The molecular weight excluding hydrogens is 356 g/mol. The molecule has 0 aliphatic carbocycles. The number of hydrazone groups is 1. The molecule has 2 rings (SSSR count). The number of benzene rings is 2. The van der Waals surface area contributed by atoms with Crippen LogP contribution in [0.1, 0.15) is 35.7 Å². The molecule has 0 fully saturated rings. The van der Waals surface area contributed by atoms with Gasteiger partial charge in [0.25, 0.3) is 5.91 Å². The first-order chi connectivity index (χ1) is 11.2. The van der Waals surface area contributed by atoms with Crippen molar-refractivity contribution in [1.82, 2.24) is 5.43 Å². The fraction of sp³-hybridized carbons (Fsp3) is 0.222. The van der Waals surface area contributed by atoms with E-state index in [-0.39, 0.29) is 5.91 Å². The van der Waals surface area contributed by atoms with E-state index < -0.39 is 0 Å². The van der Waals surface area contributed by atoms with E-state index in [0.29, 0.717) is 12.2 Å². The normalized spacial score (nSPS) is 10.7. The van der Waals surface area contributed by atoms with E-state index in [1.807, 2.05) is 24.3 Å².